The Morgan fingerprint density at radius 1 is 1.29 bits per heavy atom. The number of carbonyl (C=O) groups is 1. The Morgan fingerprint density at radius 2 is 2.05 bits per heavy atom. The van der Waals surface area contributed by atoms with Gasteiger partial charge in [-0.05, 0) is 59.6 Å². The van der Waals surface area contributed by atoms with Crippen LogP contribution in [-0.4, -0.2) is 12.5 Å². The molecule has 2 aromatic carbocycles. The zero-order chi connectivity index (χ0) is 15.4. The number of benzene rings is 2. The molecule has 1 amide bonds. The first-order valence-corrected chi connectivity index (χ1v) is 7.39. The highest BCUT2D eigenvalue weighted by atomic mass is 79.9. The lowest BCUT2D eigenvalue weighted by Crippen LogP contribution is -2.13. The summed E-state index contributed by atoms with van der Waals surface area (Å²) in [4.78, 5) is 12.3. The molecule has 0 heterocycles. The van der Waals surface area contributed by atoms with Crippen LogP contribution >= 0.6 is 15.9 Å². The van der Waals surface area contributed by atoms with Crippen LogP contribution < -0.4 is 15.8 Å². The number of carbonyl (C=O) groups excluding carboxylic acids is 1. The summed E-state index contributed by atoms with van der Waals surface area (Å²) in [6, 6.07) is 10.7. The van der Waals surface area contributed by atoms with Gasteiger partial charge in [0, 0.05) is 21.8 Å². The molecule has 0 fully saturated rings. The lowest BCUT2D eigenvalue weighted by molar-refractivity contribution is 0.102. The van der Waals surface area contributed by atoms with E-state index in [0.717, 1.165) is 10.0 Å². The number of anilines is 2. The Bertz CT molecular complexity index is 671. The van der Waals surface area contributed by atoms with E-state index in [-0.39, 0.29) is 5.91 Å². The number of nitrogens with one attached hydrogen (secondary N) is 1. The quantitative estimate of drug-likeness (QED) is 0.821. The smallest absolute Gasteiger partial charge is 0.255 e. The van der Waals surface area contributed by atoms with Gasteiger partial charge in [0.2, 0.25) is 0 Å². The van der Waals surface area contributed by atoms with E-state index < -0.39 is 0 Å². The third kappa shape index (κ3) is 3.98. The second kappa shape index (κ2) is 6.63. The number of nitrogen functional groups attached to an aromatic ring is 1. The normalized spacial score (nSPS) is 10.2. The molecule has 3 N–H and O–H groups in total. The maximum Gasteiger partial charge on any atom is 0.255 e. The van der Waals surface area contributed by atoms with Gasteiger partial charge in [-0.3, -0.25) is 4.79 Å². The maximum absolute atomic E-state index is 12.3. The van der Waals surface area contributed by atoms with Crippen LogP contribution in [0.4, 0.5) is 11.4 Å². The number of nitrogens with two attached hydrogens (primary N) is 1. The molecule has 2 aromatic rings. The lowest BCUT2D eigenvalue weighted by atomic mass is 10.1. The molecular formula is C16H17BrN2O2. The summed E-state index contributed by atoms with van der Waals surface area (Å²) in [5, 5.41) is 2.85. The first-order valence-electron chi connectivity index (χ1n) is 6.60. The highest BCUT2D eigenvalue weighted by Gasteiger charge is 2.10. The van der Waals surface area contributed by atoms with Crippen LogP contribution in [0.5, 0.6) is 5.75 Å². The van der Waals surface area contributed by atoms with Crippen LogP contribution in [0, 0.1) is 6.92 Å². The molecule has 0 aliphatic carbocycles. The summed E-state index contributed by atoms with van der Waals surface area (Å²) in [6.07, 6.45) is 0. The number of rotatable bonds is 4. The predicted molar refractivity (Wildman–Crippen MR) is 88.9 cm³/mol. The van der Waals surface area contributed by atoms with Gasteiger partial charge in [0.05, 0.1) is 12.3 Å². The van der Waals surface area contributed by atoms with Crippen molar-refractivity contribution < 1.29 is 9.53 Å². The number of halogens is 1. The van der Waals surface area contributed by atoms with Crippen LogP contribution in [0.15, 0.2) is 40.9 Å². The van der Waals surface area contributed by atoms with Crippen molar-refractivity contribution in [3.8, 4) is 5.75 Å². The van der Waals surface area contributed by atoms with Gasteiger partial charge in [0.25, 0.3) is 5.91 Å². The largest absolute Gasteiger partial charge is 0.494 e. The van der Waals surface area contributed by atoms with Crippen molar-refractivity contribution in [2.24, 2.45) is 0 Å². The molecule has 21 heavy (non-hydrogen) atoms. The third-order valence-corrected chi connectivity index (χ3v) is 3.53. The van der Waals surface area contributed by atoms with E-state index >= 15 is 0 Å². The second-order valence-corrected chi connectivity index (χ2v) is 5.52. The fraction of sp³-hybridized carbons (Fsp3) is 0.188. The molecular weight excluding hydrogens is 332 g/mol. The number of aryl methyl sites for hydroxylation is 1. The molecule has 5 heteroatoms. The van der Waals surface area contributed by atoms with Crippen molar-refractivity contribution in [1.29, 1.82) is 0 Å². The van der Waals surface area contributed by atoms with E-state index in [4.69, 9.17) is 10.5 Å². The molecule has 0 radical (unpaired) electrons. The van der Waals surface area contributed by atoms with Crippen molar-refractivity contribution >= 4 is 33.2 Å². The summed E-state index contributed by atoms with van der Waals surface area (Å²) >= 11 is 3.44. The standard InChI is InChI=1S/C16H17BrN2O2/c1-3-21-13-8-11(7-12(18)9-13)16(20)19-15-5-4-10(2)6-14(15)17/h4-9H,3,18H2,1-2H3,(H,19,20). The lowest BCUT2D eigenvalue weighted by Gasteiger charge is -2.10. The average molecular weight is 349 g/mol. The fourth-order valence-corrected chi connectivity index (χ4v) is 2.51. The highest BCUT2D eigenvalue weighted by Crippen LogP contribution is 2.25. The first-order chi connectivity index (χ1) is 9.99. The highest BCUT2D eigenvalue weighted by molar-refractivity contribution is 9.10. The van der Waals surface area contributed by atoms with E-state index in [1.54, 1.807) is 18.2 Å². The minimum Gasteiger partial charge on any atom is -0.494 e. The van der Waals surface area contributed by atoms with E-state index in [2.05, 4.69) is 21.2 Å². The van der Waals surface area contributed by atoms with Gasteiger partial charge in [0.15, 0.2) is 0 Å². The number of amides is 1. The van der Waals surface area contributed by atoms with Crippen LogP contribution in [0.1, 0.15) is 22.8 Å². The topological polar surface area (TPSA) is 64.3 Å². The predicted octanol–water partition coefficient (Wildman–Crippen LogP) is 3.99. The zero-order valence-corrected chi connectivity index (χ0v) is 13.5. The maximum atomic E-state index is 12.3. The molecule has 0 aliphatic heterocycles. The Kier molecular flexibility index (Phi) is 4.85. The van der Waals surface area contributed by atoms with Crippen LogP contribution in [0.3, 0.4) is 0 Å². The molecule has 2 rings (SSSR count). The summed E-state index contributed by atoms with van der Waals surface area (Å²) in [5.74, 6) is 0.360. The summed E-state index contributed by atoms with van der Waals surface area (Å²) in [5.41, 5.74) is 8.59. The minimum atomic E-state index is -0.229. The third-order valence-electron chi connectivity index (χ3n) is 2.87. The Labute approximate surface area is 132 Å². The molecule has 0 saturated heterocycles. The first kappa shape index (κ1) is 15.4. The summed E-state index contributed by atoms with van der Waals surface area (Å²) in [7, 11) is 0. The monoisotopic (exact) mass is 348 g/mol. The van der Waals surface area contributed by atoms with Gasteiger partial charge in [-0.25, -0.2) is 0 Å². The molecule has 0 aromatic heterocycles. The number of hydrogen-bond acceptors (Lipinski definition) is 3. The molecule has 0 aliphatic rings. The number of ether oxygens (including phenoxy) is 1. The van der Waals surface area contributed by atoms with Crippen molar-refractivity contribution in [3.63, 3.8) is 0 Å². The molecule has 110 valence electrons. The van der Waals surface area contributed by atoms with Gasteiger partial charge >= 0.3 is 0 Å². The molecule has 0 atom stereocenters. The SMILES string of the molecule is CCOc1cc(N)cc(C(=O)Nc2ccc(C)cc2Br)c1. The van der Waals surface area contributed by atoms with E-state index in [9.17, 15) is 4.79 Å². The molecule has 0 spiro atoms. The van der Waals surface area contributed by atoms with Gasteiger partial charge in [0.1, 0.15) is 5.75 Å². The Morgan fingerprint density at radius 3 is 2.71 bits per heavy atom. The van der Waals surface area contributed by atoms with Crippen molar-refractivity contribution in [3.05, 3.63) is 52.0 Å². The molecule has 4 nitrogen and oxygen atoms in total. The molecule has 0 saturated carbocycles. The van der Waals surface area contributed by atoms with E-state index in [1.165, 1.54) is 0 Å². The van der Waals surface area contributed by atoms with Gasteiger partial charge in [-0.2, -0.15) is 0 Å². The van der Waals surface area contributed by atoms with E-state index in [0.29, 0.717) is 29.3 Å². The fourth-order valence-electron chi connectivity index (χ4n) is 1.92. The molecule has 0 bridgehead atoms. The van der Waals surface area contributed by atoms with Gasteiger partial charge in [-0.1, -0.05) is 6.07 Å². The van der Waals surface area contributed by atoms with Crippen LogP contribution in [-0.2, 0) is 0 Å². The van der Waals surface area contributed by atoms with Crippen molar-refractivity contribution in [1.82, 2.24) is 0 Å². The zero-order valence-electron chi connectivity index (χ0n) is 11.9. The van der Waals surface area contributed by atoms with Crippen molar-refractivity contribution in [2.45, 2.75) is 13.8 Å². The minimum absolute atomic E-state index is 0.229. The average Bonchev–Trinajstić information content (AvgIpc) is 2.41. The second-order valence-electron chi connectivity index (χ2n) is 4.66. The Balaban J connectivity index is 2.23. The van der Waals surface area contributed by atoms with Gasteiger partial charge in [-0.15, -0.1) is 0 Å². The summed E-state index contributed by atoms with van der Waals surface area (Å²) < 4.78 is 6.24. The van der Waals surface area contributed by atoms with Crippen molar-refractivity contribution in [2.75, 3.05) is 17.7 Å². The number of hydrogen-bond donors (Lipinski definition) is 2. The van der Waals surface area contributed by atoms with Crippen LogP contribution in [0.2, 0.25) is 0 Å². The summed E-state index contributed by atoms with van der Waals surface area (Å²) in [6.45, 7) is 4.39. The Hall–Kier alpha value is -2.01. The molecule has 0 unspecified atom stereocenters. The van der Waals surface area contributed by atoms with Crippen LogP contribution in [0.25, 0.3) is 0 Å². The van der Waals surface area contributed by atoms with Gasteiger partial charge < -0.3 is 15.8 Å². The van der Waals surface area contributed by atoms with E-state index in [1.807, 2.05) is 32.0 Å².